The molecule has 0 unspecified atom stereocenters. The molecule has 2 heterocycles. The Morgan fingerprint density at radius 3 is 2.56 bits per heavy atom. The Morgan fingerprint density at radius 2 is 1.91 bits per heavy atom. The van der Waals surface area contributed by atoms with Crippen molar-refractivity contribution in [3.05, 3.63) is 65.0 Å². The van der Waals surface area contributed by atoms with Gasteiger partial charge >= 0.3 is 0 Å². The number of nitrogens with one attached hydrogen (secondary N) is 1. The predicted octanol–water partition coefficient (Wildman–Crippen LogP) is 4.17. The Hall–Kier alpha value is -2.59. The van der Waals surface area contributed by atoms with Crippen LogP contribution in [0.5, 0.6) is 0 Å². The SMILES string of the molecule is Cc1ccc(-c2csc(NC(=O)c3ccc(S(=O)(=O)N(C)C[C@@H]4CCCO4)cc3)n2)cc1. The summed E-state index contributed by atoms with van der Waals surface area (Å²) in [5.74, 6) is -0.341. The first kappa shape index (κ1) is 22.6. The van der Waals surface area contributed by atoms with Crippen molar-refractivity contribution in [1.29, 1.82) is 0 Å². The molecule has 7 nitrogen and oxygen atoms in total. The van der Waals surface area contributed by atoms with Crippen molar-refractivity contribution in [3.8, 4) is 11.3 Å². The summed E-state index contributed by atoms with van der Waals surface area (Å²) >= 11 is 1.34. The topological polar surface area (TPSA) is 88.6 Å². The van der Waals surface area contributed by atoms with Crippen molar-refractivity contribution in [3.63, 3.8) is 0 Å². The third-order valence-corrected chi connectivity index (χ3v) is 7.98. The molecule has 32 heavy (non-hydrogen) atoms. The van der Waals surface area contributed by atoms with Crippen LogP contribution >= 0.6 is 11.3 Å². The van der Waals surface area contributed by atoms with Gasteiger partial charge in [0, 0.05) is 36.7 Å². The number of hydrogen-bond acceptors (Lipinski definition) is 6. The Kier molecular flexibility index (Phi) is 6.71. The zero-order valence-corrected chi connectivity index (χ0v) is 19.6. The lowest BCUT2D eigenvalue weighted by Crippen LogP contribution is -2.34. The molecule has 0 aliphatic carbocycles. The molecule has 1 aliphatic heterocycles. The lowest BCUT2D eigenvalue weighted by atomic mass is 10.1. The Balaban J connectivity index is 1.41. The lowest BCUT2D eigenvalue weighted by Gasteiger charge is -2.20. The van der Waals surface area contributed by atoms with Gasteiger partial charge in [-0.05, 0) is 44.0 Å². The molecule has 168 valence electrons. The summed E-state index contributed by atoms with van der Waals surface area (Å²) in [7, 11) is -2.10. The molecule has 1 amide bonds. The molecular formula is C23H25N3O4S2. The summed E-state index contributed by atoms with van der Waals surface area (Å²) in [6, 6.07) is 13.9. The number of aryl methyl sites for hydroxylation is 1. The van der Waals surface area contributed by atoms with Crippen LogP contribution in [0.2, 0.25) is 0 Å². The number of carbonyl (C=O) groups excluding carboxylic acids is 1. The molecule has 0 bridgehead atoms. The number of anilines is 1. The van der Waals surface area contributed by atoms with Gasteiger partial charge in [-0.1, -0.05) is 29.8 Å². The van der Waals surface area contributed by atoms with Crippen LogP contribution in [-0.2, 0) is 14.8 Å². The fourth-order valence-corrected chi connectivity index (χ4v) is 5.41. The van der Waals surface area contributed by atoms with E-state index in [1.54, 1.807) is 7.05 Å². The number of likely N-dealkylation sites (N-methyl/N-ethyl adjacent to an activating group) is 1. The van der Waals surface area contributed by atoms with Crippen LogP contribution in [0.15, 0.2) is 58.8 Å². The van der Waals surface area contributed by atoms with Crippen molar-refractivity contribution >= 4 is 32.4 Å². The Labute approximate surface area is 192 Å². The molecule has 1 fully saturated rings. The summed E-state index contributed by atoms with van der Waals surface area (Å²) in [6.07, 6.45) is 1.75. The van der Waals surface area contributed by atoms with Crippen molar-refractivity contribution < 1.29 is 17.9 Å². The van der Waals surface area contributed by atoms with E-state index in [1.165, 1.54) is 45.5 Å². The number of hydrogen-bond donors (Lipinski definition) is 1. The van der Waals surface area contributed by atoms with Crippen LogP contribution in [0.25, 0.3) is 11.3 Å². The largest absolute Gasteiger partial charge is 0.377 e. The van der Waals surface area contributed by atoms with E-state index in [9.17, 15) is 13.2 Å². The highest BCUT2D eigenvalue weighted by Gasteiger charge is 2.26. The average molecular weight is 472 g/mol. The van der Waals surface area contributed by atoms with Gasteiger partial charge in [0.2, 0.25) is 10.0 Å². The van der Waals surface area contributed by atoms with Crippen molar-refractivity contribution in [1.82, 2.24) is 9.29 Å². The van der Waals surface area contributed by atoms with Gasteiger partial charge in [-0.3, -0.25) is 10.1 Å². The quantitative estimate of drug-likeness (QED) is 0.559. The number of nitrogens with zero attached hydrogens (tertiary/aromatic N) is 2. The summed E-state index contributed by atoms with van der Waals surface area (Å²) in [6.45, 7) is 3.01. The van der Waals surface area contributed by atoms with Gasteiger partial charge in [-0.15, -0.1) is 11.3 Å². The summed E-state index contributed by atoms with van der Waals surface area (Å²) in [4.78, 5) is 17.2. The van der Waals surface area contributed by atoms with E-state index in [-0.39, 0.29) is 16.9 Å². The first-order valence-corrected chi connectivity index (χ1v) is 12.7. The molecule has 9 heteroatoms. The number of carbonyl (C=O) groups is 1. The molecule has 1 aliphatic rings. The number of aromatic nitrogens is 1. The molecule has 2 aromatic carbocycles. The summed E-state index contributed by atoms with van der Waals surface area (Å²) in [5.41, 5.74) is 3.30. The van der Waals surface area contributed by atoms with E-state index >= 15 is 0 Å². The second kappa shape index (κ2) is 9.50. The monoisotopic (exact) mass is 471 g/mol. The minimum absolute atomic E-state index is 0.0667. The maximum atomic E-state index is 12.8. The van der Waals surface area contributed by atoms with Gasteiger partial charge in [-0.2, -0.15) is 4.31 Å². The maximum Gasteiger partial charge on any atom is 0.257 e. The summed E-state index contributed by atoms with van der Waals surface area (Å²) < 4.78 is 32.5. The Bertz CT molecular complexity index is 1180. The van der Waals surface area contributed by atoms with Crippen LogP contribution < -0.4 is 5.32 Å². The number of benzene rings is 2. The van der Waals surface area contributed by atoms with Gasteiger partial charge in [-0.25, -0.2) is 13.4 Å². The van der Waals surface area contributed by atoms with E-state index in [4.69, 9.17) is 4.74 Å². The minimum atomic E-state index is -3.65. The van der Waals surface area contributed by atoms with Gasteiger partial charge in [0.25, 0.3) is 5.91 Å². The highest BCUT2D eigenvalue weighted by Crippen LogP contribution is 2.26. The molecule has 1 aromatic heterocycles. The lowest BCUT2D eigenvalue weighted by molar-refractivity contribution is 0.0979. The standard InChI is InChI=1S/C23H25N3O4S2/c1-16-5-7-17(8-6-16)21-15-31-23(24-21)25-22(27)18-9-11-20(12-10-18)32(28,29)26(2)14-19-4-3-13-30-19/h5-12,15,19H,3-4,13-14H2,1-2H3,(H,24,25,27)/t19-/m0/s1. The maximum absolute atomic E-state index is 12.8. The molecule has 0 radical (unpaired) electrons. The highest BCUT2D eigenvalue weighted by atomic mass is 32.2. The van der Waals surface area contributed by atoms with Crippen molar-refractivity contribution in [2.24, 2.45) is 0 Å². The average Bonchev–Trinajstić information content (AvgIpc) is 3.46. The number of sulfonamides is 1. The van der Waals surface area contributed by atoms with Gasteiger partial charge in [0.1, 0.15) is 0 Å². The van der Waals surface area contributed by atoms with E-state index in [1.807, 2.05) is 36.6 Å². The molecule has 3 aromatic rings. The first-order valence-electron chi connectivity index (χ1n) is 10.3. The zero-order valence-electron chi connectivity index (χ0n) is 17.9. The predicted molar refractivity (Wildman–Crippen MR) is 125 cm³/mol. The fraction of sp³-hybridized carbons (Fsp3) is 0.304. The van der Waals surface area contributed by atoms with Crippen LogP contribution in [-0.4, -0.2) is 49.9 Å². The zero-order chi connectivity index (χ0) is 22.7. The Morgan fingerprint density at radius 1 is 1.19 bits per heavy atom. The number of amides is 1. The summed E-state index contributed by atoms with van der Waals surface area (Å²) in [5, 5.41) is 5.15. The second-order valence-electron chi connectivity index (χ2n) is 7.80. The second-order valence-corrected chi connectivity index (χ2v) is 10.7. The third-order valence-electron chi connectivity index (χ3n) is 5.38. The molecular weight excluding hydrogens is 446 g/mol. The van der Waals surface area contributed by atoms with E-state index in [0.717, 1.165) is 24.1 Å². The third kappa shape index (κ3) is 5.07. The minimum Gasteiger partial charge on any atom is -0.377 e. The fourth-order valence-electron chi connectivity index (χ4n) is 3.49. The van der Waals surface area contributed by atoms with Crippen LogP contribution in [0.1, 0.15) is 28.8 Å². The van der Waals surface area contributed by atoms with Crippen LogP contribution in [0, 0.1) is 6.92 Å². The van der Waals surface area contributed by atoms with Gasteiger partial charge in [0.05, 0.1) is 16.7 Å². The smallest absolute Gasteiger partial charge is 0.257 e. The van der Waals surface area contributed by atoms with E-state index in [0.29, 0.717) is 23.8 Å². The van der Waals surface area contributed by atoms with Crippen LogP contribution in [0.4, 0.5) is 5.13 Å². The van der Waals surface area contributed by atoms with Crippen molar-refractivity contribution in [2.75, 3.05) is 25.5 Å². The van der Waals surface area contributed by atoms with E-state index < -0.39 is 10.0 Å². The molecule has 0 spiro atoms. The molecule has 4 rings (SSSR count). The highest BCUT2D eigenvalue weighted by molar-refractivity contribution is 7.89. The number of rotatable bonds is 7. The van der Waals surface area contributed by atoms with Gasteiger partial charge in [0.15, 0.2) is 5.13 Å². The first-order chi connectivity index (χ1) is 15.3. The molecule has 1 N–H and O–H groups in total. The molecule has 1 atom stereocenters. The van der Waals surface area contributed by atoms with Crippen LogP contribution in [0.3, 0.4) is 0 Å². The number of thiazole rings is 1. The van der Waals surface area contributed by atoms with E-state index in [2.05, 4.69) is 10.3 Å². The molecule has 0 saturated carbocycles. The number of ether oxygens (including phenoxy) is 1. The normalized spacial score (nSPS) is 16.4. The van der Waals surface area contributed by atoms with Crippen molar-refractivity contribution in [2.45, 2.75) is 30.8 Å². The molecule has 1 saturated heterocycles. The van der Waals surface area contributed by atoms with Gasteiger partial charge < -0.3 is 4.74 Å².